The van der Waals surface area contributed by atoms with Crippen molar-refractivity contribution in [2.75, 3.05) is 0 Å². The van der Waals surface area contributed by atoms with Gasteiger partial charge in [-0.2, -0.15) is 0 Å². The van der Waals surface area contributed by atoms with E-state index in [1.165, 1.54) is 0 Å². The molecular formula is C7H12O3. The van der Waals surface area contributed by atoms with Crippen LogP contribution < -0.4 is 0 Å². The van der Waals surface area contributed by atoms with E-state index in [2.05, 4.69) is 0 Å². The van der Waals surface area contributed by atoms with Crippen LogP contribution in [0.1, 0.15) is 26.2 Å². The van der Waals surface area contributed by atoms with E-state index >= 15 is 0 Å². The van der Waals surface area contributed by atoms with E-state index in [9.17, 15) is 5.11 Å². The molecule has 1 N–H and O–H groups in total. The summed E-state index contributed by atoms with van der Waals surface area (Å²) in [6.07, 6.45) is 2.07. The van der Waals surface area contributed by atoms with Crippen LogP contribution in [0, 0.1) is 0 Å². The van der Waals surface area contributed by atoms with Gasteiger partial charge in [-0.1, -0.05) is 0 Å². The summed E-state index contributed by atoms with van der Waals surface area (Å²) >= 11 is 0. The largest absolute Gasteiger partial charge is 0.366 e. The van der Waals surface area contributed by atoms with Gasteiger partial charge in [0.15, 0.2) is 12.6 Å². The van der Waals surface area contributed by atoms with Gasteiger partial charge in [-0.05, 0) is 26.2 Å². The summed E-state index contributed by atoms with van der Waals surface area (Å²) in [6.45, 7) is 1.90. The lowest BCUT2D eigenvalue weighted by Gasteiger charge is -2.27. The maximum Gasteiger partial charge on any atom is 0.186 e. The highest BCUT2D eigenvalue weighted by Gasteiger charge is 2.47. The standard InChI is InChI=1S/C7H12O3/c1-7-4-2-3-5(10-7)9-6(7)8/h5-6,8H,2-4H2,1H3/t5-,6+,7+/m1/s1. The smallest absolute Gasteiger partial charge is 0.186 e. The van der Waals surface area contributed by atoms with Crippen molar-refractivity contribution in [3.63, 3.8) is 0 Å². The van der Waals surface area contributed by atoms with E-state index in [-0.39, 0.29) is 6.29 Å². The molecule has 2 fully saturated rings. The van der Waals surface area contributed by atoms with Crippen LogP contribution in [-0.2, 0) is 9.47 Å². The van der Waals surface area contributed by atoms with Gasteiger partial charge in [-0.3, -0.25) is 0 Å². The van der Waals surface area contributed by atoms with Gasteiger partial charge in [-0.15, -0.1) is 0 Å². The summed E-state index contributed by atoms with van der Waals surface area (Å²) in [5, 5.41) is 9.31. The fraction of sp³-hybridized carbons (Fsp3) is 1.00. The summed E-state index contributed by atoms with van der Waals surface area (Å²) in [4.78, 5) is 0. The van der Waals surface area contributed by atoms with Crippen molar-refractivity contribution in [1.29, 1.82) is 0 Å². The highest BCUT2D eigenvalue weighted by Crippen LogP contribution is 2.38. The van der Waals surface area contributed by atoms with Crippen LogP contribution in [0.25, 0.3) is 0 Å². The van der Waals surface area contributed by atoms with Crippen LogP contribution >= 0.6 is 0 Å². The number of fused-ring (bicyclic) bond motifs is 2. The monoisotopic (exact) mass is 144 g/mol. The number of ether oxygens (including phenoxy) is 2. The molecule has 2 saturated heterocycles. The zero-order valence-electron chi connectivity index (χ0n) is 6.04. The summed E-state index contributed by atoms with van der Waals surface area (Å²) < 4.78 is 10.5. The Kier molecular flexibility index (Phi) is 1.27. The van der Waals surface area contributed by atoms with E-state index in [1.807, 2.05) is 6.92 Å². The molecule has 3 heteroatoms. The highest BCUT2D eigenvalue weighted by molar-refractivity contribution is 4.87. The average molecular weight is 144 g/mol. The second-order valence-electron chi connectivity index (χ2n) is 3.24. The minimum atomic E-state index is -0.708. The molecule has 0 saturated carbocycles. The fourth-order valence-electron chi connectivity index (χ4n) is 1.60. The van der Waals surface area contributed by atoms with Crippen molar-refractivity contribution in [1.82, 2.24) is 0 Å². The van der Waals surface area contributed by atoms with Crippen molar-refractivity contribution >= 4 is 0 Å². The van der Waals surface area contributed by atoms with Gasteiger partial charge in [-0.25, -0.2) is 0 Å². The van der Waals surface area contributed by atoms with Crippen LogP contribution in [0.2, 0.25) is 0 Å². The van der Waals surface area contributed by atoms with E-state index in [0.29, 0.717) is 0 Å². The molecule has 2 aliphatic rings. The molecule has 0 spiro atoms. The van der Waals surface area contributed by atoms with Crippen LogP contribution in [0.3, 0.4) is 0 Å². The second kappa shape index (κ2) is 1.94. The maximum atomic E-state index is 9.31. The normalized spacial score (nSPS) is 53.4. The lowest BCUT2D eigenvalue weighted by Crippen LogP contribution is -2.37. The molecule has 0 aromatic heterocycles. The third-order valence-corrected chi connectivity index (χ3v) is 2.32. The molecule has 0 aromatic rings. The SMILES string of the molecule is C[C@]12CCC[C@H](O[C@@H]1O)O2. The lowest BCUT2D eigenvalue weighted by molar-refractivity contribution is -0.118. The van der Waals surface area contributed by atoms with Crippen LogP contribution in [0.15, 0.2) is 0 Å². The predicted octanol–water partition coefficient (Wildman–Crippen LogP) is 0.620. The highest BCUT2D eigenvalue weighted by atomic mass is 16.8. The summed E-state index contributed by atoms with van der Waals surface area (Å²) in [5.74, 6) is 0. The van der Waals surface area contributed by atoms with Crippen LogP contribution in [0.5, 0.6) is 0 Å². The van der Waals surface area contributed by atoms with Gasteiger partial charge in [0.25, 0.3) is 0 Å². The molecule has 2 bridgehead atoms. The van der Waals surface area contributed by atoms with Crippen LogP contribution in [0.4, 0.5) is 0 Å². The quantitative estimate of drug-likeness (QED) is 0.541. The molecule has 2 heterocycles. The molecule has 0 amide bonds. The first-order chi connectivity index (χ1) is 4.71. The van der Waals surface area contributed by atoms with E-state index in [1.54, 1.807) is 0 Å². The molecule has 3 nitrogen and oxygen atoms in total. The first-order valence-electron chi connectivity index (χ1n) is 3.72. The zero-order valence-corrected chi connectivity index (χ0v) is 6.04. The Balaban J connectivity index is 2.18. The molecule has 0 aromatic carbocycles. The van der Waals surface area contributed by atoms with Gasteiger partial charge in [0.05, 0.1) is 0 Å². The van der Waals surface area contributed by atoms with Crippen molar-refractivity contribution in [3.05, 3.63) is 0 Å². The Morgan fingerprint density at radius 3 is 3.00 bits per heavy atom. The fourth-order valence-corrected chi connectivity index (χ4v) is 1.60. The third-order valence-electron chi connectivity index (χ3n) is 2.32. The van der Waals surface area contributed by atoms with E-state index < -0.39 is 11.9 Å². The van der Waals surface area contributed by atoms with E-state index in [4.69, 9.17) is 9.47 Å². The number of aliphatic hydroxyl groups is 1. The summed E-state index contributed by atoms with van der Waals surface area (Å²) in [6, 6.07) is 0. The van der Waals surface area contributed by atoms with Gasteiger partial charge in [0, 0.05) is 0 Å². The summed E-state index contributed by atoms with van der Waals surface area (Å²) in [5.41, 5.74) is -0.414. The Hall–Kier alpha value is -0.120. The maximum absolute atomic E-state index is 9.31. The summed E-state index contributed by atoms with van der Waals surface area (Å²) in [7, 11) is 0. The number of aliphatic hydroxyl groups excluding tert-OH is 1. The first-order valence-corrected chi connectivity index (χ1v) is 3.72. The molecule has 2 aliphatic heterocycles. The average Bonchev–Trinajstić information content (AvgIpc) is 2.04. The van der Waals surface area contributed by atoms with Gasteiger partial charge in [0.2, 0.25) is 0 Å². The Bertz CT molecular complexity index is 148. The molecule has 3 atom stereocenters. The molecule has 0 radical (unpaired) electrons. The Labute approximate surface area is 59.9 Å². The van der Waals surface area contributed by atoms with Gasteiger partial charge < -0.3 is 14.6 Å². The number of rotatable bonds is 0. The second-order valence-corrected chi connectivity index (χ2v) is 3.24. The molecule has 58 valence electrons. The number of hydrogen-bond donors (Lipinski definition) is 1. The van der Waals surface area contributed by atoms with Crippen molar-refractivity contribution in [3.8, 4) is 0 Å². The van der Waals surface area contributed by atoms with Crippen molar-refractivity contribution in [2.24, 2.45) is 0 Å². The van der Waals surface area contributed by atoms with Crippen molar-refractivity contribution in [2.45, 2.75) is 44.4 Å². The van der Waals surface area contributed by atoms with E-state index in [0.717, 1.165) is 19.3 Å². The lowest BCUT2D eigenvalue weighted by atomic mass is 9.97. The predicted molar refractivity (Wildman–Crippen MR) is 34.2 cm³/mol. The number of hydrogen-bond acceptors (Lipinski definition) is 3. The van der Waals surface area contributed by atoms with Crippen molar-refractivity contribution < 1.29 is 14.6 Å². The molecule has 10 heavy (non-hydrogen) atoms. The minimum Gasteiger partial charge on any atom is -0.366 e. The molecule has 2 rings (SSSR count). The third kappa shape index (κ3) is 0.779. The zero-order chi connectivity index (χ0) is 7.19. The van der Waals surface area contributed by atoms with Gasteiger partial charge >= 0.3 is 0 Å². The Morgan fingerprint density at radius 2 is 2.40 bits per heavy atom. The Morgan fingerprint density at radius 1 is 1.60 bits per heavy atom. The minimum absolute atomic E-state index is 0.145. The molecule has 0 unspecified atom stereocenters. The van der Waals surface area contributed by atoms with Gasteiger partial charge in [0.1, 0.15) is 5.60 Å². The topological polar surface area (TPSA) is 38.7 Å². The first kappa shape index (κ1) is 6.58. The molecular weight excluding hydrogens is 132 g/mol. The molecule has 0 aliphatic carbocycles. The van der Waals surface area contributed by atoms with Crippen LogP contribution in [-0.4, -0.2) is 23.3 Å².